The minimum atomic E-state index is 0.430. The molecular weight excluding hydrogens is 378 g/mol. The van der Waals surface area contributed by atoms with Gasteiger partial charge < -0.3 is 15.3 Å². The van der Waals surface area contributed by atoms with E-state index in [0.717, 1.165) is 32.9 Å². The molecule has 11 heteroatoms. The van der Waals surface area contributed by atoms with Crippen LogP contribution in [0.4, 0.5) is 0 Å². The Hall–Kier alpha value is -3.18. The molecule has 148 valence electrons. The zero-order chi connectivity index (χ0) is 20.3. The maximum Gasteiger partial charge on any atom is 0.167 e. The summed E-state index contributed by atoms with van der Waals surface area (Å²) in [7, 11) is 5.34. The van der Waals surface area contributed by atoms with E-state index in [1.54, 1.807) is 36.1 Å². The van der Waals surface area contributed by atoms with Gasteiger partial charge in [0, 0.05) is 45.5 Å². The number of likely N-dealkylation sites (N-methyl/N-ethyl adjacent to an activating group) is 2. The van der Waals surface area contributed by atoms with Crippen LogP contribution in [0.15, 0.2) is 29.3 Å². The Morgan fingerprint density at radius 3 is 2.86 bits per heavy atom. The number of hydrogen-bond donors (Lipinski definition) is 3. The van der Waals surface area contributed by atoms with Gasteiger partial charge in [0.2, 0.25) is 0 Å². The third-order valence-electron chi connectivity index (χ3n) is 4.28. The van der Waals surface area contributed by atoms with Crippen molar-refractivity contribution in [1.29, 1.82) is 0 Å². The van der Waals surface area contributed by atoms with Crippen molar-refractivity contribution in [2.45, 2.75) is 6.42 Å². The largest absolute Gasteiger partial charge is 0.403 e. The molecule has 3 aromatic heterocycles. The summed E-state index contributed by atoms with van der Waals surface area (Å²) in [6, 6.07) is 1.91. The Kier molecular flexibility index (Phi) is 5.76. The van der Waals surface area contributed by atoms with Crippen LogP contribution in [0.1, 0.15) is 26.8 Å². The zero-order valence-corrected chi connectivity index (χ0v) is 16.8. The number of carbonyl (C=O) groups excluding carboxylic acids is 1. The molecule has 0 saturated heterocycles. The number of nitrogens with zero attached hydrogens (tertiary/aromatic N) is 6. The van der Waals surface area contributed by atoms with E-state index in [1.165, 1.54) is 22.5 Å². The van der Waals surface area contributed by atoms with Gasteiger partial charge >= 0.3 is 0 Å². The van der Waals surface area contributed by atoms with Gasteiger partial charge in [-0.3, -0.25) is 14.9 Å². The molecule has 0 fully saturated rings. The standard InChI is InChI=1S/C17H23N9OS/c1-24(9-12(7-18)26(3)19)21-8-13-14(10-27)25(2)17-16(13)28-15(22-17)6-11-4-5-20-23-11/h4-5,7-8,10H,6,9,18-19H2,1-3H3,(H,20,23)/b12-7-,21-8-. The number of carbonyl (C=O) groups is 1. The number of nitrogens with two attached hydrogens (primary N) is 2. The molecule has 0 aliphatic heterocycles. The van der Waals surface area contributed by atoms with Gasteiger partial charge in [-0.25, -0.2) is 10.8 Å². The van der Waals surface area contributed by atoms with Crippen LogP contribution in [-0.2, 0) is 13.5 Å². The van der Waals surface area contributed by atoms with Crippen molar-refractivity contribution in [1.82, 2.24) is 29.8 Å². The van der Waals surface area contributed by atoms with Crippen LogP contribution >= 0.6 is 11.3 Å². The SMILES string of the molecule is CN(C/C(=C/N)N(C)N)/N=C\c1c(C=O)n(C)c2nc(Cc3cc[nH]n3)sc12. The number of fused-ring (bicyclic) bond motifs is 1. The van der Waals surface area contributed by atoms with Crippen molar-refractivity contribution in [2.24, 2.45) is 23.7 Å². The Morgan fingerprint density at radius 2 is 2.25 bits per heavy atom. The highest BCUT2D eigenvalue weighted by molar-refractivity contribution is 7.19. The molecule has 0 saturated carbocycles. The number of aromatic amines is 1. The van der Waals surface area contributed by atoms with Crippen LogP contribution < -0.4 is 11.6 Å². The third kappa shape index (κ3) is 3.89. The third-order valence-corrected chi connectivity index (χ3v) is 5.35. The van der Waals surface area contributed by atoms with Crippen LogP contribution in [0.5, 0.6) is 0 Å². The predicted octanol–water partition coefficient (Wildman–Crippen LogP) is 0.633. The average Bonchev–Trinajstić information content (AvgIpc) is 3.36. The number of aldehydes is 1. The summed E-state index contributed by atoms with van der Waals surface area (Å²) >= 11 is 1.53. The number of H-pyrrole nitrogens is 1. The molecule has 28 heavy (non-hydrogen) atoms. The van der Waals surface area contributed by atoms with Gasteiger partial charge in [0.05, 0.1) is 34.5 Å². The molecule has 5 N–H and O–H groups in total. The summed E-state index contributed by atoms with van der Waals surface area (Å²) < 4.78 is 2.70. The molecule has 0 aliphatic carbocycles. The topological polar surface area (TPSA) is 134 Å². The fourth-order valence-corrected chi connectivity index (χ4v) is 3.90. The monoisotopic (exact) mass is 401 g/mol. The number of aryl methyl sites for hydroxylation is 1. The molecule has 0 amide bonds. The number of hydrazone groups is 1. The minimum Gasteiger partial charge on any atom is -0.403 e. The average molecular weight is 402 g/mol. The molecule has 0 atom stereocenters. The van der Waals surface area contributed by atoms with E-state index in [1.807, 2.05) is 13.1 Å². The van der Waals surface area contributed by atoms with Crippen LogP contribution in [0.25, 0.3) is 10.3 Å². The molecule has 0 aromatic carbocycles. The fourth-order valence-electron chi connectivity index (χ4n) is 2.77. The number of thiazole rings is 1. The van der Waals surface area contributed by atoms with E-state index in [2.05, 4.69) is 20.3 Å². The second kappa shape index (κ2) is 8.23. The summed E-state index contributed by atoms with van der Waals surface area (Å²) in [5.41, 5.74) is 9.24. The number of hydrogen-bond acceptors (Lipinski definition) is 9. The van der Waals surface area contributed by atoms with E-state index in [-0.39, 0.29) is 0 Å². The van der Waals surface area contributed by atoms with E-state index in [9.17, 15) is 4.79 Å². The second-order valence-corrected chi connectivity index (χ2v) is 7.39. The summed E-state index contributed by atoms with van der Waals surface area (Å²) in [6.45, 7) is 0.430. The molecule has 0 bridgehead atoms. The number of nitrogens with one attached hydrogen (secondary N) is 1. The Bertz CT molecular complexity index is 1010. The number of rotatable bonds is 8. The lowest BCUT2D eigenvalue weighted by molar-refractivity contribution is 0.111. The molecule has 10 nitrogen and oxygen atoms in total. The van der Waals surface area contributed by atoms with Crippen LogP contribution in [-0.4, -0.2) is 62.9 Å². The zero-order valence-electron chi connectivity index (χ0n) is 16.0. The predicted molar refractivity (Wildman–Crippen MR) is 110 cm³/mol. The van der Waals surface area contributed by atoms with Gasteiger partial charge in [0.1, 0.15) is 5.01 Å². The summed E-state index contributed by atoms with van der Waals surface area (Å²) in [6.07, 6.45) is 6.34. The molecule has 3 aromatic rings. The molecule has 0 spiro atoms. The van der Waals surface area contributed by atoms with Gasteiger partial charge in [0.25, 0.3) is 0 Å². The molecule has 3 heterocycles. The first-order valence-corrected chi connectivity index (χ1v) is 9.32. The Balaban J connectivity index is 1.90. The minimum absolute atomic E-state index is 0.430. The maximum absolute atomic E-state index is 11.6. The van der Waals surface area contributed by atoms with E-state index in [0.29, 0.717) is 24.4 Å². The van der Waals surface area contributed by atoms with E-state index < -0.39 is 0 Å². The van der Waals surface area contributed by atoms with Gasteiger partial charge in [-0.1, -0.05) is 0 Å². The Morgan fingerprint density at radius 1 is 1.46 bits per heavy atom. The summed E-state index contributed by atoms with van der Waals surface area (Å²) in [4.78, 5) is 16.3. The van der Waals surface area contributed by atoms with Crippen molar-refractivity contribution in [3.63, 3.8) is 0 Å². The van der Waals surface area contributed by atoms with Crippen molar-refractivity contribution >= 4 is 34.2 Å². The smallest absolute Gasteiger partial charge is 0.167 e. The lowest BCUT2D eigenvalue weighted by Gasteiger charge is -2.20. The van der Waals surface area contributed by atoms with Crippen LogP contribution in [0.2, 0.25) is 0 Å². The summed E-state index contributed by atoms with van der Waals surface area (Å²) in [5.74, 6) is 5.73. The van der Waals surface area contributed by atoms with E-state index >= 15 is 0 Å². The normalized spacial score (nSPS) is 12.2. The molecule has 0 aliphatic rings. The van der Waals surface area contributed by atoms with E-state index in [4.69, 9.17) is 11.6 Å². The molecule has 3 rings (SSSR count). The fraction of sp³-hybridized carbons (Fsp3) is 0.294. The van der Waals surface area contributed by atoms with Crippen molar-refractivity contribution in [3.05, 3.63) is 46.1 Å². The highest BCUT2D eigenvalue weighted by Gasteiger charge is 2.19. The van der Waals surface area contributed by atoms with Crippen molar-refractivity contribution < 1.29 is 4.79 Å². The Labute approximate surface area is 166 Å². The number of hydrazine groups is 1. The first-order chi connectivity index (χ1) is 13.4. The van der Waals surface area contributed by atoms with Crippen molar-refractivity contribution in [3.8, 4) is 0 Å². The van der Waals surface area contributed by atoms with Gasteiger partial charge in [-0.05, 0) is 6.07 Å². The highest BCUT2D eigenvalue weighted by atomic mass is 32.1. The first-order valence-electron chi connectivity index (χ1n) is 8.50. The van der Waals surface area contributed by atoms with Crippen LogP contribution in [0, 0.1) is 0 Å². The number of aromatic nitrogens is 4. The van der Waals surface area contributed by atoms with Gasteiger partial charge in [0.15, 0.2) is 11.9 Å². The second-order valence-electron chi connectivity index (χ2n) is 6.31. The molecule has 0 radical (unpaired) electrons. The van der Waals surface area contributed by atoms with Crippen molar-refractivity contribution in [2.75, 3.05) is 20.6 Å². The van der Waals surface area contributed by atoms with Crippen LogP contribution in [0.3, 0.4) is 0 Å². The quantitative estimate of drug-likeness (QED) is 0.218. The first kappa shape index (κ1) is 19.6. The maximum atomic E-state index is 11.6. The lowest BCUT2D eigenvalue weighted by atomic mass is 10.3. The highest BCUT2D eigenvalue weighted by Crippen LogP contribution is 2.30. The lowest BCUT2D eigenvalue weighted by Crippen LogP contribution is -2.32. The molecule has 0 unspecified atom stereocenters. The van der Waals surface area contributed by atoms with Gasteiger partial charge in [-0.2, -0.15) is 10.2 Å². The summed E-state index contributed by atoms with van der Waals surface area (Å²) in [5, 5.41) is 15.5. The molecular formula is C17H23N9OS. The van der Waals surface area contributed by atoms with Gasteiger partial charge in [-0.15, -0.1) is 11.3 Å².